The van der Waals surface area contributed by atoms with Crippen molar-refractivity contribution in [2.75, 3.05) is 13.1 Å². The Bertz CT molecular complexity index is 462. The van der Waals surface area contributed by atoms with E-state index >= 15 is 0 Å². The summed E-state index contributed by atoms with van der Waals surface area (Å²) < 4.78 is 1.84. The Labute approximate surface area is 133 Å². The van der Waals surface area contributed by atoms with Crippen molar-refractivity contribution >= 4 is 11.6 Å². The van der Waals surface area contributed by atoms with E-state index in [0.717, 1.165) is 18.8 Å². The average molecular weight is 314 g/mol. The second kappa shape index (κ2) is 6.67. The number of halogens is 1. The molecule has 1 saturated heterocycles. The summed E-state index contributed by atoms with van der Waals surface area (Å²) >= 11 is 6.30. The third kappa shape index (κ3) is 3.43. The highest BCUT2D eigenvalue weighted by Crippen LogP contribution is 2.36. The summed E-state index contributed by atoms with van der Waals surface area (Å²) in [6, 6.07) is 0.182. The molecule has 0 bridgehead atoms. The first-order valence-corrected chi connectivity index (χ1v) is 8.39. The predicted octanol–water partition coefficient (Wildman–Crippen LogP) is 3.81. The second-order valence-electron chi connectivity index (χ2n) is 6.87. The summed E-state index contributed by atoms with van der Waals surface area (Å²) in [5, 5.41) is 15.9. The molecular weight excluding hydrogens is 286 g/mol. The van der Waals surface area contributed by atoms with Gasteiger partial charge in [0.2, 0.25) is 0 Å². The molecule has 0 radical (unpaired) electrons. The highest BCUT2D eigenvalue weighted by Gasteiger charge is 2.38. The topological polar surface area (TPSA) is 41.3 Å². The van der Waals surface area contributed by atoms with Crippen molar-refractivity contribution in [2.45, 2.75) is 71.1 Å². The molecule has 1 unspecified atom stereocenters. The van der Waals surface area contributed by atoms with Crippen LogP contribution in [0.2, 0.25) is 5.02 Å². The lowest BCUT2D eigenvalue weighted by atomic mass is 9.91. The maximum absolute atomic E-state index is 11.0. The Kier molecular flexibility index (Phi) is 5.33. The lowest BCUT2D eigenvalue weighted by molar-refractivity contribution is -0.0152. The van der Waals surface area contributed by atoms with E-state index in [0.29, 0.717) is 5.02 Å². The largest absolute Gasteiger partial charge is 0.385 e. The minimum absolute atomic E-state index is 0.182. The Morgan fingerprint density at radius 3 is 2.29 bits per heavy atom. The molecule has 5 heteroatoms. The second-order valence-corrected chi connectivity index (χ2v) is 7.28. The van der Waals surface area contributed by atoms with E-state index in [1.54, 1.807) is 6.20 Å². The van der Waals surface area contributed by atoms with E-state index in [1.807, 2.05) is 4.68 Å². The van der Waals surface area contributed by atoms with Gasteiger partial charge in [-0.1, -0.05) is 24.4 Å². The first kappa shape index (κ1) is 16.8. The number of aliphatic hydroxyl groups is 1. The molecular formula is C16H28ClN3O. The minimum Gasteiger partial charge on any atom is -0.385 e. The van der Waals surface area contributed by atoms with Crippen LogP contribution in [0.4, 0.5) is 0 Å². The average Bonchev–Trinajstić information content (AvgIpc) is 2.65. The SMILES string of the molecule is CC(C)n1ncc(Cl)c1C(O)C(C)(C)N1CCCCCC1. The standard InChI is InChI=1S/C16H28ClN3O/c1-12(2)20-14(13(17)11-18-20)15(21)16(3,4)19-9-7-5-6-8-10-19/h11-12,15,21H,5-10H2,1-4H3. The maximum atomic E-state index is 11.0. The molecule has 1 aromatic rings. The van der Waals surface area contributed by atoms with Crippen LogP contribution in [-0.4, -0.2) is 38.4 Å². The smallest absolute Gasteiger partial charge is 0.115 e. The van der Waals surface area contributed by atoms with Crippen LogP contribution >= 0.6 is 11.6 Å². The summed E-state index contributed by atoms with van der Waals surface area (Å²) in [5.41, 5.74) is 0.390. The first-order chi connectivity index (χ1) is 9.85. The van der Waals surface area contributed by atoms with E-state index in [4.69, 9.17) is 11.6 Å². The van der Waals surface area contributed by atoms with Crippen molar-refractivity contribution in [1.82, 2.24) is 14.7 Å². The number of likely N-dealkylation sites (tertiary alicyclic amines) is 1. The van der Waals surface area contributed by atoms with Gasteiger partial charge in [0, 0.05) is 11.6 Å². The number of hydrogen-bond donors (Lipinski definition) is 1. The zero-order chi connectivity index (χ0) is 15.6. The molecule has 1 aromatic heterocycles. The van der Waals surface area contributed by atoms with Crippen molar-refractivity contribution < 1.29 is 5.11 Å². The number of aromatic nitrogens is 2. The van der Waals surface area contributed by atoms with Crippen LogP contribution in [0.15, 0.2) is 6.20 Å². The Hall–Kier alpha value is -0.580. The molecule has 2 heterocycles. The van der Waals surface area contributed by atoms with Crippen LogP contribution in [-0.2, 0) is 0 Å². The maximum Gasteiger partial charge on any atom is 0.115 e. The van der Waals surface area contributed by atoms with E-state index in [1.165, 1.54) is 25.7 Å². The molecule has 120 valence electrons. The molecule has 2 rings (SSSR count). The molecule has 0 aromatic carbocycles. The van der Waals surface area contributed by atoms with Crippen molar-refractivity contribution in [3.05, 3.63) is 16.9 Å². The van der Waals surface area contributed by atoms with Crippen LogP contribution in [0, 0.1) is 0 Å². The summed E-state index contributed by atoms with van der Waals surface area (Å²) in [5.74, 6) is 0. The molecule has 1 fully saturated rings. The van der Waals surface area contributed by atoms with Gasteiger partial charge in [-0.05, 0) is 53.6 Å². The summed E-state index contributed by atoms with van der Waals surface area (Å²) in [4.78, 5) is 2.40. The molecule has 1 aliphatic heterocycles. The van der Waals surface area contributed by atoms with Gasteiger partial charge >= 0.3 is 0 Å². The van der Waals surface area contributed by atoms with Gasteiger partial charge in [0.25, 0.3) is 0 Å². The third-order valence-corrected chi connectivity index (χ3v) is 4.92. The molecule has 0 aliphatic carbocycles. The highest BCUT2D eigenvalue weighted by molar-refractivity contribution is 6.31. The molecule has 0 saturated carbocycles. The minimum atomic E-state index is -0.645. The van der Waals surface area contributed by atoms with Gasteiger partial charge in [0.15, 0.2) is 0 Å². The highest BCUT2D eigenvalue weighted by atomic mass is 35.5. The zero-order valence-corrected chi connectivity index (χ0v) is 14.4. The van der Waals surface area contributed by atoms with Crippen molar-refractivity contribution in [2.24, 2.45) is 0 Å². The summed E-state index contributed by atoms with van der Waals surface area (Å²) in [6.07, 6.45) is 5.97. The van der Waals surface area contributed by atoms with Crippen molar-refractivity contribution in [3.8, 4) is 0 Å². The van der Waals surface area contributed by atoms with Crippen LogP contribution < -0.4 is 0 Å². The molecule has 21 heavy (non-hydrogen) atoms. The molecule has 1 aliphatic rings. The number of rotatable bonds is 4. The van der Waals surface area contributed by atoms with E-state index in [9.17, 15) is 5.11 Å². The number of nitrogens with zero attached hydrogens (tertiary/aromatic N) is 3. The molecule has 1 atom stereocenters. The van der Waals surface area contributed by atoms with Crippen LogP contribution in [0.5, 0.6) is 0 Å². The van der Waals surface area contributed by atoms with E-state index < -0.39 is 6.10 Å². The van der Waals surface area contributed by atoms with E-state index in [2.05, 4.69) is 37.7 Å². The molecule has 4 nitrogen and oxygen atoms in total. The van der Waals surface area contributed by atoms with Crippen LogP contribution in [0.25, 0.3) is 0 Å². The van der Waals surface area contributed by atoms with Gasteiger partial charge in [0.1, 0.15) is 6.10 Å². The molecule has 0 amide bonds. The van der Waals surface area contributed by atoms with Gasteiger partial charge in [-0.15, -0.1) is 0 Å². The fourth-order valence-electron chi connectivity index (χ4n) is 3.17. The van der Waals surface area contributed by atoms with Crippen LogP contribution in [0.3, 0.4) is 0 Å². The summed E-state index contributed by atoms with van der Waals surface area (Å²) in [7, 11) is 0. The predicted molar refractivity (Wildman–Crippen MR) is 86.7 cm³/mol. The zero-order valence-electron chi connectivity index (χ0n) is 13.6. The van der Waals surface area contributed by atoms with Crippen molar-refractivity contribution in [3.63, 3.8) is 0 Å². The van der Waals surface area contributed by atoms with Gasteiger partial charge in [0.05, 0.1) is 16.9 Å². The molecule has 1 N–H and O–H groups in total. The lowest BCUT2D eigenvalue weighted by Gasteiger charge is -2.41. The fourth-order valence-corrected chi connectivity index (χ4v) is 3.41. The van der Waals surface area contributed by atoms with Crippen LogP contribution in [0.1, 0.15) is 71.2 Å². The lowest BCUT2D eigenvalue weighted by Crippen LogP contribution is -2.49. The number of hydrogen-bond acceptors (Lipinski definition) is 3. The molecule has 0 spiro atoms. The van der Waals surface area contributed by atoms with Gasteiger partial charge < -0.3 is 5.11 Å². The summed E-state index contributed by atoms with van der Waals surface area (Å²) in [6.45, 7) is 10.4. The fraction of sp³-hybridized carbons (Fsp3) is 0.812. The monoisotopic (exact) mass is 313 g/mol. The van der Waals surface area contributed by atoms with Gasteiger partial charge in [-0.3, -0.25) is 9.58 Å². The number of aliphatic hydroxyl groups excluding tert-OH is 1. The first-order valence-electron chi connectivity index (χ1n) is 8.01. The van der Waals surface area contributed by atoms with Gasteiger partial charge in [-0.25, -0.2) is 0 Å². The van der Waals surface area contributed by atoms with Crippen molar-refractivity contribution in [1.29, 1.82) is 0 Å². The quantitative estimate of drug-likeness (QED) is 0.919. The van der Waals surface area contributed by atoms with Gasteiger partial charge in [-0.2, -0.15) is 5.10 Å². The normalized spacial score (nSPS) is 19.8. The Morgan fingerprint density at radius 2 is 1.76 bits per heavy atom. The van der Waals surface area contributed by atoms with E-state index in [-0.39, 0.29) is 11.6 Å². The Balaban J connectivity index is 2.28. The third-order valence-electron chi connectivity index (χ3n) is 4.63. The Morgan fingerprint density at radius 1 is 1.19 bits per heavy atom.